The first-order valence-electron chi connectivity index (χ1n) is 8.90. The lowest BCUT2D eigenvalue weighted by molar-refractivity contribution is -0.0930. The van der Waals surface area contributed by atoms with E-state index in [9.17, 15) is 13.9 Å². The van der Waals surface area contributed by atoms with Gasteiger partial charge in [0.05, 0.1) is 19.8 Å². The molecule has 146 valence electrons. The number of benzene rings is 1. The Kier molecular flexibility index (Phi) is 5.14. The summed E-state index contributed by atoms with van der Waals surface area (Å²) < 4.78 is 53.6. The van der Waals surface area contributed by atoms with Gasteiger partial charge in [0.25, 0.3) is 0 Å². The average molecular weight is 373 g/mol. The Morgan fingerprint density at radius 3 is 2.23 bits per heavy atom. The van der Waals surface area contributed by atoms with E-state index in [1.165, 1.54) is 0 Å². The van der Waals surface area contributed by atoms with Gasteiger partial charge in [0.15, 0.2) is 17.3 Å². The molecule has 2 fully saturated rings. The molecule has 2 bridgehead atoms. The molecule has 2 aliphatic rings. The van der Waals surface area contributed by atoms with Crippen LogP contribution in [0.4, 0.5) is 13.2 Å². The van der Waals surface area contributed by atoms with Crippen molar-refractivity contribution < 1.29 is 27.8 Å². The van der Waals surface area contributed by atoms with Gasteiger partial charge in [-0.25, -0.2) is 4.39 Å². The monoisotopic (exact) mass is 373 g/mol. The van der Waals surface area contributed by atoms with Crippen molar-refractivity contribution in [2.24, 2.45) is 17.8 Å². The van der Waals surface area contributed by atoms with E-state index in [0.29, 0.717) is 13.0 Å². The van der Waals surface area contributed by atoms with Gasteiger partial charge in [-0.3, -0.25) is 0 Å². The standard InChI is InChI=1S/C19H26F3NO3/c1-23(2)9-12-11-6-5-10(7-11)8-19(12,24)13-14(20)18(26-4)16(22)15(21)17(13)25-3/h10-12,24H,5-9H2,1-4H3. The van der Waals surface area contributed by atoms with Crippen molar-refractivity contribution in [1.29, 1.82) is 0 Å². The van der Waals surface area contributed by atoms with Crippen LogP contribution in [0.1, 0.15) is 31.2 Å². The van der Waals surface area contributed by atoms with Crippen molar-refractivity contribution in [2.45, 2.75) is 31.3 Å². The number of methoxy groups -OCH3 is 2. The number of fused-ring (bicyclic) bond motifs is 2. The van der Waals surface area contributed by atoms with Crippen LogP contribution < -0.4 is 9.47 Å². The van der Waals surface area contributed by atoms with Crippen molar-refractivity contribution in [3.8, 4) is 11.5 Å². The molecular weight excluding hydrogens is 347 g/mol. The summed E-state index contributed by atoms with van der Waals surface area (Å²) in [7, 11) is 5.97. The SMILES string of the molecule is COc1c(F)c(F)c(OC)c(C2(O)CC3CCC(C3)C2CN(C)C)c1F. The normalized spacial score (nSPS) is 30.7. The Labute approximate surface area is 151 Å². The molecule has 0 aliphatic heterocycles. The molecule has 1 aromatic rings. The van der Waals surface area contributed by atoms with Crippen molar-refractivity contribution in [1.82, 2.24) is 4.90 Å². The quantitative estimate of drug-likeness (QED) is 0.804. The van der Waals surface area contributed by atoms with Crippen LogP contribution in [0.25, 0.3) is 0 Å². The molecule has 0 amide bonds. The molecule has 0 spiro atoms. The largest absolute Gasteiger partial charge is 0.493 e. The third kappa shape index (κ3) is 2.85. The summed E-state index contributed by atoms with van der Waals surface area (Å²) in [6.45, 7) is 0.512. The highest BCUT2D eigenvalue weighted by atomic mass is 19.2. The minimum absolute atomic E-state index is 0.198. The van der Waals surface area contributed by atoms with Crippen molar-refractivity contribution in [3.63, 3.8) is 0 Å². The zero-order valence-electron chi connectivity index (χ0n) is 15.6. The lowest BCUT2D eigenvalue weighted by Gasteiger charge is -2.46. The lowest BCUT2D eigenvalue weighted by atomic mass is 9.65. The molecule has 1 aromatic carbocycles. The molecule has 3 rings (SSSR count). The first-order valence-corrected chi connectivity index (χ1v) is 8.90. The molecule has 0 radical (unpaired) electrons. The van der Waals surface area contributed by atoms with Crippen LogP contribution in [0, 0.1) is 35.2 Å². The van der Waals surface area contributed by atoms with E-state index in [0.717, 1.165) is 33.5 Å². The van der Waals surface area contributed by atoms with E-state index >= 15 is 4.39 Å². The molecule has 26 heavy (non-hydrogen) atoms. The fourth-order valence-corrected chi connectivity index (χ4v) is 5.00. The second kappa shape index (κ2) is 6.93. The van der Waals surface area contributed by atoms with Crippen LogP contribution in [0.2, 0.25) is 0 Å². The molecule has 7 heteroatoms. The molecule has 2 aliphatic carbocycles. The van der Waals surface area contributed by atoms with Crippen LogP contribution >= 0.6 is 0 Å². The molecule has 0 aromatic heterocycles. The van der Waals surface area contributed by atoms with Gasteiger partial charge < -0.3 is 19.5 Å². The minimum atomic E-state index is -1.65. The molecule has 4 atom stereocenters. The Bertz CT molecular complexity index is 697. The zero-order valence-corrected chi connectivity index (χ0v) is 15.6. The van der Waals surface area contributed by atoms with Gasteiger partial charge in [-0.2, -0.15) is 8.78 Å². The topological polar surface area (TPSA) is 41.9 Å². The summed E-state index contributed by atoms with van der Waals surface area (Å²) in [5, 5.41) is 11.7. The van der Waals surface area contributed by atoms with Crippen LogP contribution in [0.3, 0.4) is 0 Å². The number of hydrogen-bond acceptors (Lipinski definition) is 4. The Hall–Kier alpha value is -1.47. The summed E-state index contributed by atoms with van der Waals surface area (Å²) in [6.07, 6.45) is 3.15. The summed E-state index contributed by atoms with van der Waals surface area (Å²) in [6, 6.07) is 0. The van der Waals surface area contributed by atoms with Crippen LogP contribution in [0.15, 0.2) is 0 Å². The van der Waals surface area contributed by atoms with E-state index in [1.807, 2.05) is 19.0 Å². The molecule has 2 saturated carbocycles. The Morgan fingerprint density at radius 2 is 1.65 bits per heavy atom. The number of aliphatic hydroxyl groups is 1. The number of ether oxygens (including phenoxy) is 2. The van der Waals surface area contributed by atoms with Gasteiger partial charge in [-0.1, -0.05) is 6.42 Å². The first-order chi connectivity index (χ1) is 12.2. The van der Waals surface area contributed by atoms with Crippen LogP contribution in [0.5, 0.6) is 11.5 Å². The third-order valence-corrected chi connectivity index (χ3v) is 6.00. The first kappa shape index (κ1) is 19.3. The summed E-state index contributed by atoms with van der Waals surface area (Å²) in [5.41, 5.74) is -1.97. The Balaban J connectivity index is 2.23. The van der Waals surface area contributed by atoms with E-state index in [-0.39, 0.29) is 23.3 Å². The highest BCUT2D eigenvalue weighted by Crippen LogP contribution is 2.57. The maximum atomic E-state index is 15.2. The highest BCUT2D eigenvalue weighted by molar-refractivity contribution is 5.48. The molecule has 0 heterocycles. The smallest absolute Gasteiger partial charge is 0.207 e. The van der Waals surface area contributed by atoms with Gasteiger partial charge in [0.2, 0.25) is 11.6 Å². The van der Waals surface area contributed by atoms with Gasteiger partial charge >= 0.3 is 0 Å². The molecule has 4 unspecified atom stereocenters. The van der Waals surface area contributed by atoms with E-state index in [4.69, 9.17) is 9.47 Å². The minimum Gasteiger partial charge on any atom is -0.493 e. The Morgan fingerprint density at radius 1 is 1.04 bits per heavy atom. The highest BCUT2D eigenvalue weighted by Gasteiger charge is 2.54. The molecule has 4 nitrogen and oxygen atoms in total. The van der Waals surface area contributed by atoms with Gasteiger partial charge in [-0.05, 0) is 45.2 Å². The van der Waals surface area contributed by atoms with E-state index in [2.05, 4.69) is 0 Å². The number of hydrogen-bond donors (Lipinski definition) is 1. The summed E-state index contributed by atoms with van der Waals surface area (Å²) in [5.74, 6) is -5.16. The van der Waals surface area contributed by atoms with Crippen molar-refractivity contribution in [3.05, 3.63) is 23.0 Å². The van der Waals surface area contributed by atoms with Crippen molar-refractivity contribution in [2.75, 3.05) is 34.9 Å². The maximum absolute atomic E-state index is 15.2. The van der Waals surface area contributed by atoms with Gasteiger partial charge in [-0.15, -0.1) is 0 Å². The molecule has 0 saturated heterocycles. The number of halogens is 3. The lowest BCUT2D eigenvalue weighted by Crippen LogP contribution is -2.48. The predicted octanol–water partition coefficient (Wildman–Crippen LogP) is 3.31. The summed E-state index contributed by atoms with van der Waals surface area (Å²) in [4.78, 5) is 1.93. The average Bonchev–Trinajstić information content (AvgIpc) is 2.98. The zero-order chi connectivity index (χ0) is 19.2. The van der Waals surface area contributed by atoms with Gasteiger partial charge in [0, 0.05) is 12.5 Å². The van der Waals surface area contributed by atoms with Gasteiger partial charge in [0.1, 0.15) is 5.60 Å². The fraction of sp³-hybridized carbons (Fsp3) is 0.684. The van der Waals surface area contributed by atoms with E-state index < -0.39 is 34.6 Å². The fourth-order valence-electron chi connectivity index (χ4n) is 5.00. The maximum Gasteiger partial charge on any atom is 0.207 e. The molecular formula is C19H26F3NO3. The van der Waals surface area contributed by atoms with E-state index in [1.54, 1.807) is 0 Å². The second-order valence-electron chi connectivity index (χ2n) is 7.82. The number of rotatable bonds is 5. The third-order valence-electron chi connectivity index (χ3n) is 6.00. The summed E-state index contributed by atoms with van der Waals surface area (Å²) >= 11 is 0. The predicted molar refractivity (Wildman–Crippen MR) is 90.8 cm³/mol. The van der Waals surface area contributed by atoms with Crippen LogP contribution in [-0.2, 0) is 5.60 Å². The molecule has 1 N–H and O–H groups in total. The van der Waals surface area contributed by atoms with Crippen LogP contribution in [-0.4, -0.2) is 44.9 Å². The van der Waals surface area contributed by atoms with Crippen molar-refractivity contribution >= 4 is 0 Å². The second-order valence-corrected chi connectivity index (χ2v) is 7.82. The number of nitrogens with zero attached hydrogens (tertiary/aromatic N) is 1.